The molecule has 58 heavy (non-hydrogen) atoms. The van der Waals surface area contributed by atoms with Crippen LogP contribution in [0.3, 0.4) is 0 Å². The Kier molecular flexibility index (Phi) is 8.07. The molecule has 0 saturated heterocycles. The van der Waals surface area contributed by atoms with E-state index in [2.05, 4.69) is 144 Å². The number of rotatable bonds is 7. The summed E-state index contributed by atoms with van der Waals surface area (Å²) < 4.78 is 6.57. The van der Waals surface area contributed by atoms with Gasteiger partial charge in [0.1, 0.15) is 11.2 Å². The highest BCUT2D eigenvalue weighted by molar-refractivity contribution is 6.07. The van der Waals surface area contributed by atoms with E-state index in [4.69, 9.17) is 19.4 Å². The zero-order valence-corrected chi connectivity index (χ0v) is 31.3. The van der Waals surface area contributed by atoms with E-state index in [0.29, 0.717) is 17.5 Å². The Morgan fingerprint density at radius 1 is 0.293 bits per heavy atom. The fraction of sp³-hybridized carbons (Fsp3) is 0. The van der Waals surface area contributed by atoms with Gasteiger partial charge < -0.3 is 9.32 Å². The number of furan rings is 1. The maximum absolute atomic E-state index is 6.57. The second-order valence-electron chi connectivity index (χ2n) is 14.5. The van der Waals surface area contributed by atoms with Crippen LogP contribution in [0.4, 0.5) is 17.1 Å². The average molecular weight is 743 g/mol. The molecule has 0 aliphatic carbocycles. The first-order valence-corrected chi connectivity index (χ1v) is 19.4. The lowest BCUT2D eigenvalue weighted by atomic mass is 10.0. The van der Waals surface area contributed by atoms with Crippen molar-refractivity contribution in [3.63, 3.8) is 0 Å². The summed E-state index contributed by atoms with van der Waals surface area (Å²) in [7, 11) is 0. The van der Waals surface area contributed by atoms with Gasteiger partial charge in [-0.3, -0.25) is 0 Å². The lowest BCUT2D eigenvalue weighted by Gasteiger charge is -2.26. The Bertz CT molecular complexity index is 3150. The fourth-order valence-corrected chi connectivity index (χ4v) is 7.92. The molecule has 0 saturated carbocycles. The number of fused-ring (bicyclic) bond motifs is 5. The molecule has 272 valence electrons. The van der Waals surface area contributed by atoms with E-state index in [9.17, 15) is 0 Å². The number of anilines is 3. The molecule has 5 heteroatoms. The van der Waals surface area contributed by atoms with Crippen LogP contribution in [0.1, 0.15) is 0 Å². The molecule has 5 nitrogen and oxygen atoms in total. The van der Waals surface area contributed by atoms with Crippen LogP contribution in [0.5, 0.6) is 0 Å². The molecule has 0 atom stereocenters. The van der Waals surface area contributed by atoms with Gasteiger partial charge in [-0.2, -0.15) is 0 Å². The van der Waals surface area contributed by atoms with E-state index in [-0.39, 0.29) is 0 Å². The molecule has 0 unspecified atom stereocenters. The molecule has 0 radical (unpaired) electrons. The van der Waals surface area contributed by atoms with Crippen molar-refractivity contribution in [2.45, 2.75) is 0 Å². The van der Waals surface area contributed by atoms with E-state index in [1.165, 1.54) is 21.5 Å². The normalized spacial score (nSPS) is 11.4. The summed E-state index contributed by atoms with van der Waals surface area (Å²) in [5, 5.41) is 6.95. The highest BCUT2D eigenvalue weighted by Crippen LogP contribution is 2.40. The molecule has 0 bridgehead atoms. The first kappa shape index (κ1) is 33.4. The summed E-state index contributed by atoms with van der Waals surface area (Å²) in [5.74, 6) is 1.85. The summed E-state index contributed by atoms with van der Waals surface area (Å²) in [5.41, 5.74) is 9.82. The third-order valence-corrected chi connectivity index (χ3v) is 10.9. The van der Waals surface area contributed by atoms with Crippen LogP contribution in [0.15, 0.2) is 211 Å². The van der Waals surface area contributed by atoms with Gasteiger partial charge in [0.25, 0.3) is 0 Å². The van der Waals surface area contributed by atoms with Crippen LogP contribution < -0.4 is 4.90 Å². The van der Waals surface area contributed by atoms with E-state index in [0.717, 1.165) is 66.8 Å². The van der Waals surface area contributed by atoms with E-state index >= 15 is 0 Å². The number of nitrogens with zero attached hydrogens (tertiary/aromatic N) is 4. The third kappa shape index (κ3) is 6.12. The van der Waals surface area contributed by atoms with Crippen LogP contribution in [0.25, 0.3) is 88.8 Å². The molecule has 2 heterocycles. The molecule has 11 aromatic rings. The summed E-state index contributed by atoms with van der Waals surface area (Å²) in [4.78, 5) is 17.1. The molecule has 0 aliphatic rings. The predicted octanol–water partition coefficient (Wildman–Crippen LogP) is 14.2. The fourth-order valence-electron chi connectivity index (χ4n) is 7.92. The van der Waals surface area contributed by atoms with Crippen molar-refractivity contribution in [3.8, 4) is 45.3 Å². The molecular weight excluding hydrogens is 709 g/mol. The maximum Gasteiger partial charge on any atom is 0.164 e. The number of hydrogen-bond acceptors (Lipinski definition) is 5. The SMILES string of the molecule is c1ccc(-c2nc(-c3ccccc3)nc(-c3ccc4c(c3)oc3cc(-c5ccc(N(c6ccc7ccccc7c6)c6ccc7ccccc7c6)cc5)ccc34)n2)cc1. The first-order chi connectivity index (χ1) is 28.7. The average Bonchev–Trinajstić information content (AvgIpc) is 3.67. The van der Waals surface area contributed by atoms with Gasteiger partial charge in [-0.05, 0) is 93.3 Å². The zero-order chi connectivity index (χ0) is 38.4. The maximum atomic E-state index is 6.57. The zero-order valence-electron chi connectivity index (χ0n) is 31.3. The van der Waals surface area contributed by atoms with Crippen LogP contribution in [0.2, 0.25) is 0 Å². The smallest absolute Gasteiger partial charge is 0.164 e. The standard InChI is InChI=1S/C53H34N4O/c1-3-13-38(14-4-1)51-54-52(39-15-5-2-6-16-39)56-53(55-51)43-24-30-48-47-29-23-42(33-49(47)58-50(48)34-43)37-19-25-44(26-20-37)57(45-27-21-35-11-7-9-17-40(35)31-45)46-28-22-36-12-8-10-18-41(36)32-46/h1-34H. The molecular formula is C53H34N4O. The highest BCUT2D eigenvalue weighted by Gasteiger charge is 2.17. The Morgan fingerprint density at radius 2 is 0.707 bits per heavy atom. The van der Waals surface area contributed by atoms with Crippen molar-refractivity contribution in [1.29, 1.82) is 0 Å². The van der Waals surface area contributed by atoms with Crippen molar-refractivity contribution in [2.75, 3.05) is 4.90 Å². The van der Waals surface area contributed by atoms with Crippen molar-refractivity contribution in [2.24, 2.45) is 0 Å². The van der Waals surface area contributed by atoms with Gasteiger partial charge in [-0.25, -0.2) is 15.0 Å². The lowest BCUT2D eigenvalue weighted by Crippen LogP contribution is -2.09. The van der Waals surface area contributed by atoms with Crippen molar-refractivity contribution in [3.05, 3.63) is 206 Å². The molecule has 9 aromatic carbocycles. The molecule has 0 aliphatic heterocycles. The van der Waals surface area contributed by atoms with Crippen molar-refractivity contribution in [1.82, 2.24) is 15.0 Å². The molecule has 11 rings (SSSR count). The Hall–Kier alpha value is -7.89. The number of benzene rings is 9. The monoisotopic (exact) mass is 742 g/mol. The van der Waals surface area contributed by atoms with Gasteiger partial charge in [0.15, 0.2) is 17.5 Å². The summed E-state index contributed by atoms with van der Waals surface area (Å²) in [6.07, 6.45) is 0. The van der Waals surface area contributed by atoms with E-state index < -0.39 is 0 Å². The lowest BCUT2D eigenvalue weighted by molar-refractivity contribution is 0.669. The van der Waals surface area contributed by atoms with E-state index in [1.807, 2.05) is 66.7 Å². The summed E-state index contributed by atoms with van der Waals surface area (Å²) >= 11 is 0. The Balaban J connectivity index is 0.951. The van der Waals surface area contributed by atoms with Gasteiger partial charge in [0.05, 0.1) is 0 Å². The van der Waals surface area contributed by atoms with Gasteiger partial charge >= 0.3 is 0 Å². The molecule has 0 N–H and O–H groups in total. The minimum Gasteiger partial charge on any atom is -0.456 e. The van der Waals surface area contributed by atoms with Crippen molar-refractivity contribution >= 4 is 60.5 Å². The molecule has 0 spiro atoms. The number of aromatic nitrogens is 3. The Morgan fingerprint density at radius 3 is 1.24 bits per heavy atom. The molecule has 0 amide bonds. The van der Waals surface area contributed by atoms with Gasteiger partial charge in [0, 0.05) is 44.5 Å². The highest BCUT2D eigenvalue weighted by atomic mass is 16.3. The van der Waals surface area contributed by atoms with Crippen LogP contribution in [0, 0.1) is 0 Å². The molecule has 0 fully saturated rings. The van der Waals surface area contributed by atoms with Crippen LogP contribution in [-0.2, 0) is 0 Å². The van der Waals surface area contributed by atoms with E-state index in [1.54, 1.807) is 0 Å². The third-order valence-electron chi connectivity index (χ3n) is 10.9. The van der Waals surface area contributed by atoms with Crippen LogP contribution >= 0.6 is 0 Å². The first-order valence-electron chi connectivity index (χ1n) is 19.4. The quantitative estimate of drug-likeness (QED) is 0.163. The minimum absolute atomic E-state index is 0.595. The molecule has 2 aromatic heterocycles. The largest absolute Gasteiger partial charge is 0.456 e. The number of hydrogen-bond donors (Lipinski definition) is 0. The summed E-state index contributed by atoms with van der Waals surface area (Å²) in [6, 6.07) is 71.9. The Labute approximate surface area is 335 Å². The second-order valence-corrected chi connectivity index (χ2v) is 14.5. The van der Waals surface area contributed by atoms with Gasteiger partial charge in [-0.15, -0.1) is 0 Å². The van der Waals surface area contributed by atoms with Gasteiger partial charge in [0.2, 0.25) is 0 Å². The topological polar surface area (TPSA) is 55.1 Å². The van der Waals surface area contributed by atoms with Gasteiger partial charge in [-0.1, -0.05) is 146 Å². The second kappa shape index (κ2) is 14.0. The van der Waals surface area contributed by atoms with Crippen molar-refractivity contribution < 1.29 is 4.42 Å². The van der Waals surface area contributed by atoms with Crippen LogP contribution in [-0.4, -0.2) is 15.0 Å². The predicted molar refractivity (Wildman–Crippen MR) is 239 cm³/mol. The minimum atomic E-state index is 0.595. The summed E-state index contributed by atoms with van der Waals surface area (Å²) in [6.45, 7) is 0.